The van der Waals surface area contributed by atoms with Gasteiger partial charge < -0.3 is 108 Å². The number of hydrogen-bond acceptors (Lipinski definition) is 24. The molecule has 40 heteroatoms. The van der Waals surface area contributed by atoms with E-state index >= 15 is 0 Å². The Labute approximate surface area is 569 Å². The summed E-state index contributed by atoms with van der Waals surface area (Å²) in [7, 11) is 9.16. The number of aliphatic carboxylic acids is 9. The van der Waals surface area contributed by atoms with E-state index in [9.17, 15) is 82.1 Å². The Bertz CT molecular complexity index is 1930. The van der Waals surface area contributed by atoms with E-state index in [-0.39, 0.29) is 203 Å². The van der Waals surface area contributed by atoms with Gasteiger partial charge in [0.15, 0.2) is 5.78 Å². The summed E-state index contributed by atoms with van der Waals surface area (Å²) in [4.78, 5) is 170. The zero-order valence-corrected chi connectivity index (χ0v) is 55.8. The minimum absolute atomic E-state index is 0. The van der Waals surface area contributed by atoms with Crippen molar-refractivity contribution in [3.05, 3.63) is 0 Å². The summed E-state index contributed by atoms with van der Waals surface area (Å²) in [6.07, 6.45) is -3.10. The molecule has 0 aromatic carbocycles. The van der Waals surface area contributed by atoms with Gasteiger partial charge in [0.2, 0.25) is 17.7 Å². The molecule has 452 valence electrons. The fourth-order valence-electron chi connectivity index (χ4n) is 5.03. The Hall–Kier alpha value is -2.02. The predicted octanol–water partition coefficient (Wildman–Crippen LogP) is -8.61. The van der Waals surface area contributed by atoms with Gasteiger partial charge in [0.1, 0.15) is 48.3 Å². The molecule has 1 unspecified atom stereocenters. The van der Waals surface area contributed by atoms with Crippen LogP contribution in [0.1, 0.15) is 77.0 Å². The number of hydrogen-bond donors (Lipinski definition) is 17. The van der Waals surface area contributed by atoms with Gasteiger partial charge in [0.05, 0.1) is 30.8 Å². The van der Waals surface area contributed by atoms with Crippen LogP contribution in [0.5, 0.6) is 0 Å². The zero-order chi connectivity index (χ0) is 62.0. The van der Waals surface area contributed by atoms with E-state index in [0.29, 0.717) is 0 Å². The average Bonchev–Trinajstić information content (AvgIpc) is 3.37. The van der Waals surface area contributed by atoms with Crippen LogP contribution in [0.25, 0.3) is 0 Å². The Morgan fingerprint density at radius 1 is 0.420 bits per heavy atom. The van der Waals surface area contributed by atoms with Gasteiger partial charge in [0.25, 0.3) is 0 Å². The first-order valence-electron chi connectivity index (χ1n) is 22.7. The topological polar surface area (TPSA) is 604 Å². The Balaban J connectivity index is -0.000000309. The van der Waals surface area contributed by atoms with E-state index in [1.807, 2.05) is 0 Å². The van der Waals surface area contributed by atoms with E-state index in [1.54, 1.807) is 0 Å². The van der Waals surface area contributed by atoms with Crippen molar-refractivity contribution >= 4 is 150 Å². The number of carboxylic acid groups (broad SMARTS) is 9. The Morgan fingerprint density at radius 3 is 1.09 bits per heavy atom. The minimum Gasteiger partial charge on any atom is -0.533 e. The maximum Gasteiger partial charge on any atom is 1.00 e. The maximum atomic E-state index is 12.5. The standard InChI is InChI=1S/C22H34N4O12S2.C17H27N3O10S2.C2H5NO2.2K.H3P2/c23-13(21(35)36)2-1-12(27)7-11(20(34)25-8-19(32)33)9-39-40-10-15(16(28)4-6-18(30)31)26-17(29)5-3-14(24)22(37)38;18-10(15(25)26)2-1-9(21)5-8(14(23)24)6-31-32-7-12(17(29)30)20-13(22)4-3-11(19)16(27)28;3-1-2(4)5;;;1-2/h11,13-15H,1-10,23-24H2,(H,25,34)(H,26,29)(H,30,31)(H,32,33)(H,35,36)(H,37,38);8,10-12H,1-7,18-19H2,(H,20,22)(H,23,24)(H,25,26)(H,27,28)(H,29,30);1,3H2,(H,4,5);;;1H,2H2/q;;;2*+1;-1/t11-,13-,14-,15-;8-,10-,11-,12-;;;;/m00..../s1. The van der Waals surface area contributed by atoms with Crippen molar-refractivity contribution in [3.8, 4) is 0 Å². The van der Waals surface area contributed by atoms with Crippen molar-refractivity contribution in [2.24, 2.45) is 40.5 Å². The van der Waals surface area contributed by atoms with E-state index in [1.165, 1.54) is 0 Å². The van der Waals surface area contributed by atoms with Crippen LogP contribution < -0.4 is 147 Å². The minimum atomic E-state index is -1.33. The van der Waals surface area contributed by atoms with Crippen molar-refractivity contribution in [2.45, 2.75) is 113 Å². The Kier molecular flexibility index (Phi) is 60.8. The normalized spacial score (nSPS) is 13.1. The third-order valence-corrected chi connectivity index (χ3v) is 14.5. The Morgan fingerprint density at radius 2 is 0.753 bits per heavy atom. The van der Waals surface area contributed by atoms with Crippen LogP contribution in [0.15, 0.2) is 0 Å². The van der Waals surface area contributed by atoms with Crippen molar-refractivity contribution in [1.29, 1.82) is 0 Å². The van der Waals surface area contributed by atoms with Gasteiger partial charge in [-0.15, -0.1) is 0 Å². The first-order chi connectivity index (χ1) is 36.7. The molecule has 0 saturated carbocycles. The third kappa shape index (κ3) is 53.2. The van der Waals surface area contributed by atoms with Gasteiger partial charge in [0, 0.05) is 68.0 Å². The van der Waals surface area contributed by atoms with Gasteiger partial charge in [-0.05, 0) is 25.7 Å². The van der Waals surface area contributed by atoms with Crippen molar-refractivity contribution in [1.82, 2.24) is 16.0 Å². The van der Waals surface area contributed by atoms with Gasteiger partial charge in [-0.25, -0.2) is 4.79 Å². The number of ketones is 3. The second kappa shape index (κ2) is 54.6. The van der Waals surface area contributed by atoms with E-state index in [0.717, 1.165) is 43.2 Å². The number of carbonyl (C=O) groups is 15. The predicted molar refractivity (Wildman–Crippen MR) is 292 cm³/mol. The van der Waals surface area contributed by atoms with E-state index in [4.69, 9.17) is 58.7 Å². The van der Waals surface area contributed by atoms with Crippen molar-refractivity contribution in [2.75, 3.05) is 36.1 Å². The molecule has 32 nitrogen and oxygen atoms in total. The number of carboxylic acids is 9. The smallest absolute Gasteiger partial charge is 0.533 e. The molecular formula is C41H69K2N8O24P2S4+. The average molecular weight is 1330 g/mol. The van der Waals surface area contributed by atoms with Gasteiger partial charge in [-0.2, -0.15) is 0 Å². The molecule has 9 atom stereocenters. The number of carbonyl (C=O) groups excluding carboxylic acids is 6. The van der Waals surface area contributed by atoms with E-state index < -0.39 is 150 Å². The van der Waals surface area contributed by atoms with Gasteiger partial charge in [-0.1, -0.05) is 43.2 Å². The first kappa shape index (κ1) is 90.2. The summed E-state index contributed by atoms with van der Waals surface area (Å²) in [5.41, 5.74) is 25.9. The van der Waals surface area contributed by atoms with Crippen LogP contribution in [0.3, 0.4) is 0 Å². The second-order valence-corrected chi connectivity index (χ2v) is 21.0. The van der Waals surface area contributed by atoms with Crippen molar-refractivity contribution < 1.29 is 221 Å². The molecule has 0 aromatic rings. The summed E-state index contributed by atoms with van der Waals surface area (Å²) < 4.78 is 0. The molecule has 22 N–H and O–H groups in total. The molecule has 0 radical (unpaired) electrons. The zero-order valence-electron chi connectivity index (χ0n) is 44.1. The fraction of sp³-hybridized carbons (Fsp3) is 0.634. The largest absolute Gasteiger partial charge is 1.00 e. The SMILES string of the molecule is NCC(=O)O.N[C@@H](CCC(=O)C[C@@H](CSSC[C@H](NC(=O)CC[C@H](N)C(=O)O)C(=O)CCC(=O)O)C(=O)NCC(=O)O)C(=O)O.N[C@@H](CCC(=O)C[C@@H](CSSC[C@H](NC(=O)CC[C@H](N)C(=O)O)C(=O)O)C(=O)O)C(=O)O.[K+].[K+].[PH-]P. The molecule has 0 heterocycles. The van der Waals surface area contributed by atoms with Crippen molar-refractivity contribution in [3.63, 3.8) is 0 Å². The number of amides is 3. The van der Waals surface area contributed by atoms with Crippen LogP contribution in [0.2, 0.25) is 0 Å². The molecule has 81 heavy (non-hydrogen) atoms. The molecular weight excluding hydrogens is 1260 g/mol. The maximum absolute atomic E-state index is 12.5. The van der Waals surface area contributed by atoms with Crippen LogP contribution in [-0.2, 0) is 71.9 Å². The number of Topliss-reactive ketones (excluding diaryl/α,β-unsaturated/α-hetero) is 3. The summed E-state index contributed by atoms with van der Waals surface area (Å²) >= 11 is 0. The first-order valence-corrected chi connectivity index (χ1v) is 30.0. The van der Waals surface area contributed by atoms with Crippen LogP contribution in [0, 0.1) is 11.8 Å². The van der Waals surface area contributed by atoms with Gasteiger partial charge >= 0.3 is 156 Å². The molecule has 0 aliphatic rings. The quantitative estimate of drug-likeness (QED) is 0.0117. The summed E-state index contributed by atoms with van der Waals surface area (Å²) in [6, 6.07) is -7.44. The van der Waals surface area contributed by atoms with Crippen LogP contribution >= 0.6 is 61.0 Å². The third-order valence-electron chi connectivity index (χ3n) is 9.48. The molecule has 0 saturated heterocycles. The van der Waals surface area contributed by atoms with Crippen LogP contribution in [0.4, 0.5) is 0 Å². The molecule has 3 amide bonds. The number of nitrogens with one attached hydrogen (secondary N) is 3. The summed E-state index contributed by atoms with van der Waals surface area (Å²) in [5.74, 6) is -17.1. The molecule has 0 aliphatic carbocycles. The van der Waals surface area contributed by atoms with Gasteiger partial charge in [-0.3, -0.25) is 67.1 Å². The molecule has 0 bridgehead atoms. The summed E-state index contributed by atoms with van der Waals surface area (Å²) in [6.45, 7) is -0.969. The number of rotatable bonds is 42. The molecule has 0 fully saturated rings. The molecule has 0 spiro atoms. The molecule has 0 aromatic heterocycles. The second-order valence-electron chi connectivity index (χ2n) is 15.9. The van der Waals surface area contributed by atoms with Crippen LogP contribution in [-0.4, -0.2) is 207 Å². The monoisotopic (exact) mass is 1330 g/mol. The fourth-order valence-corrected chi connectivity index (χ4v) is 9.99. The summed E-state index contributed by atoms with van der Waals surface area (Å²) in [5, 5.41) is 85.5. The molecule has 0 rings (SSSR count). The van der Waals surface area contributed by atoms with E-state index in [2.05, 4.69) is 39.5 Å². The number of nitrogens with two attached hydrogens (primary N) is 5. The molecule has 0 aliphatic heterocycles.